The Labute approximate surface area is 116 Å². The molecule has 0 bridgehead atoms. The number of benzene rings is 2. The second-order valence-corrected chi connectivity index (χ2v) is 5.94. The zero-order valence-corrected chi connectivity index (χ0v) is 12.2. The van der Waals surface area contributed by atoms with Crippen LogP contribution in [0.1, 0.15) is 37.5 Å². The smallest absolute Gasteiger partial charge is 0.119 e. The molecule has 0 N–H and O–H groups in total. The zero-order chi connectivity index (χ0) is 13.9. The fourth-order valence-electron chi connectivity index (χ4n) is 2.39. The summed E-state index contributed by atoms with van der Waals surface area (Å²) in [5, 5.41) is 0. The van der Waals surface area contributed by atoms with Gasteiger partial charge in [-0.3, -0.25) is 0 Å². The third-order valence-corrected chi connectivity index (χ3v) is 3.36. The normalized spacial score (nSPS) is 11.4. The number of ether oxygens (including phenoxy) is 1. The van der Waals surface area contributed by atoms with E-state index in [0.29, 0.717) is 0 Å². The second kappa shape index (κ2) is 5.48. The van der Waals surface area contributed by atoms with Crippen LogP contribution in [0.3, 0.4) is 0 Å². The highest BCUT2D eigenvalue weighted by Gasteiger charge is 2.18. The SMILES string of the molecule is COc1ccc(C(C)(C)C)c(Cc2ccccc2)c1. The summed E-state index contributed by atoms with van der Waals surface area (Å²) in [5.41, 5.74) is 4.22. The van der Waals surface area contributed by atoms with Gasteiger partial charge in [-0.2, -0.15) is 0 Å². The molecule has 1 heteroatoms. The first kappa shape index (κ1) is 13.7. The molecule has 2 aromatic carbocycles. The van der Waals surface area contributed by atoms with Gasteiger partial charge in [-0.05, 0) is 40.7 Å². The van der Waals surface area contributed by atoms with E-state index in [1.165, 1.54) is 16.7 Å². The summed E-state index contributed by atoms with van der Waals surface area (Å²) in [5.74, 6) is 0.930. The lowest BCUT2D eigenvalue weighted by molar-refractivity contribution is 0.413. The average Bonchev–Trinajstić information content (AvgIpc) is 2.38. The molecule has 0 aliphatic heterocycles. The van der Waals surface area contributed by atoms with Gasteiger partial charge in [0.15, 0.2) is 0 Å². The van der Waals surface area contributed by atoms with E-state index < -0.39 is 0 Å². The van der Waals surface area contributed by atoms with Gasteiger partial charge in [0, 0.05) is 0 Å². The van der Waals surface area contributed by atoms with E-state index >= 15 is 0 Å². The van der Waals surface area contributed by atoms with Gasteiger partial charge >= 0.3 is 0 Å². The fourth-order valence-corrected chi connectivity index (χ4v) is 2.39. The van der Waals surface area contributed by atoms with Crippen molar-refractivity contribution in [2.45, 2.75) is 32.6 Å². The van der Waals surface area contributed by atoms with Crippen LogP contribution in [0.2, 0.25) is 0 Å². The van der Waals surface area contributed by atoms with Crippen molar-refractivity contribution in [1.29, 1.82) is 0 Å². The van der Waals surface area contributed by atoms with E-state index in [1.54, 1.807) is 7.11 Å². The van der Waals surface area contributed by atoms with Crippen LogP contribution in [0.4, 0.5) is 0 Å². The van der Waals surface area contributed by atoms with Crippen molar-refractivity contribution < 1.29 is 4.74 Å². The van der Waals surface area contributed by atoms with E-state index in [1.807, 2.05) is 0 Å². The molecule has 2 aromatic rings. The van der Waals surface area contributed by atoms with E-state index in [-0.39, 0.29) is 5.41 Å². The van der Waals surface area contributed by atoms with Gasteiger partial charge < -0.3 is 4.74 Å². The lowest BCUT2D eigenvalue weighted by Gasteiger charge is -2.23. The Kier molecular flexibility index (Phi) is 3.94. The van der Waals surface area contributed by atoms with Crippen LogP contribution in [0.25, 0.3) is 0 Å². The molecule has 0 unspecified atom stereocenters. The predicted octanol–water partition coefficient (Wildman–Crippen LogP) is 4.58. The van der Waals surface area contributed by atoms with Crippen molar-refractivity contribution in [3.8, 4) is 5.75 Å². The number of hydrogen-bond acceptors (Lipinski definition) is 1. The summed E-state index contributed by atoms with van der Waals surface area (Å²) in [6, 6.07) is 17.0. The number of methoxy groups -OCH3 is 1. The van der Waals surface area contributed by atoms with Gasteiger partial charge in [-0.25, -0.2) is 0 Å². The van der Waals surface area contributed by atoms with Crippen LogP contribution in [0, 0.1) is 0 Å². The van der Waals surface area contributed by atoms with Crippen LogP contribution in [0.15, 0.2) is 48.5 Å². The van der Waals surface area contributed by atoms with E-state index in [4.69, 9.17) is 4.74 Å². The van der Waals surface area contributed by atoms with Gasteiger partial charge in [0.1, 0.15) is 5.75 Å². The maximum atomic E-state index is 5.36. The molecule has 2 rings (SSSR count). The predicted molar refractivity (Wildman–Crippen MR) is 80.9 cm³/mol. The molecule has 0 aliphatic rings. The highest BCUT2D eigenvalue weighted by Crippen LogP contribution is 2.30. The quantitative estimate of drug-likeness (QED) is 0.778. The highest BCUT2D eigenvalue weighted by atomic mass is 16.5. The van der Waals surface area contributed by atoms with Crippen LogP contribution in [-0.4, -0.2) is 7.11 Å². The minimum absolute atomic E-state index is 0.149. The van der Waals surface area contributed by atoms with Gasteiger partial charge in [0.2, 0.25) is 0 Å². The van der Waals surface area contributed by atoms with Gasteiger partial charge in [0.05, 0.1) is 7.11 Å². The molecule has 0 aliphatic carbocycles. The molecule has 0 amide bonds. The summed E-state index contributed by atoms with van der Waals surface area (Å²) < 4.78 is 5.36. The van der Waals surface area contributed by atoms with Crippen molar-refractivity contribution in [1.82, 2.24) is 0 Å². The zero-order valence-electron chi connectivity index (χ0n) is 12.2. The summed E-state index contributed by atoms with van der Waals surface area (Å²) in [6.45, 7) is 6.76. The minimum atomic E-state index is 0.149. The van der Waals surface area contributed by atoms with E-state index in [2.05, 4.69) is 69.3 Å². The molecular weight excluding hydrogens is 232 g/mol. The third kappa shape index (κ3) is 3.37. The Bertz CT molecular complexity index is 535. The average molecular weight is 254 g/mol. The van der Waals surface area contributed by atoms with Gasteiger partial charge in [-0.15, -0.1) is 0 Å². The first-order valence-electron chi connectivity index (χ1n) is 6.72. The standard InChI is InChI=1S/C18H22O/c1-18(2,3)17-11-10-16(19-4)13-15(17)12-14-8-6-5-7-9-14/h5-11,13H,12H2,1-4H3. The Morgan fingerprint density at radius 3 is 2.21 bits per heavy atom. The van der Waals surface area contributed by atoms with Crippen molar-refractivity contribution in [2.24, 2.45) is 0 Å². The lowest BCUT2D eigenvalue weighted by atomic mass is 9.82. The Hall–Kier alpha value is -1.76. The van der Waals surface area contributed by atoms with Crippen LogP contribution in [0.5, 0.6) is 5.75 Å². The Morgan fingerprint density at radius 2 is 1.63 bits per heavy atom. The monoisotopic (exact) mass is 254 g/mol. The molecule has 0 fully saturated rings. The van der Waals surface area contributed by atoms with Gasteiger partial charge in [-0.1, -0.05) is 57.2 Å². The first-order valence-corrected chi connectivity index (χ1v) is 6.72. The summed E-state index contributed by atoms with van der Waals surface area (Å²) in [7, 11) is 1.72. The molecule has 100 valence electrons. The molecule has 0 atom stereocenters. The van der Waals surface area contributed by atoms with Crippen LogP contribution < -0.4 is 4.74 Å². The van der Waals surface area contributed by atoms with Crippen LogP contribution >= 0.6 is 0 Å². The molecule has 0 radical (unpaired) electrons. The second-order valence-electron chi connectivity index (χ2n) is 5.94. The maximum absolute atomic E-state index is 5.36. The highest BCUT2D eigenvalue weighted by molar-refractivity contribution is 5.42. The first-order chi connectivity index (χ1) is 9.00. The molecular formula is C18H22O. The van der Waals surface area contributed by atoms with Gasteiger partial charge in [0.25, 0.3) is 0 Å². The van der Waals surface area contributed by atoms with Crippen molar-refractivity contribution in [2.75, 3.05) is 7.11 Å². The fraction of sp³-hybridized carbons (Fsp3) is 0.333. The van der Waals surface area contributed by atoms with Crippen LogP contribution in [-0.2, 0) is 11.8 Å². The largest absolute Gasteiger partial charge is 0.497 e. The lowest BCUT2D eigenvalue weighted by Crippen LogP contribution is -2.14. The summed E-state index contributed by atoms with van der Waals surface area (Å²) in [6.07, 6.45) is 0.949. The Morgan fingerprint density at radius 1 is 0.947 bits per heavy atom. The van der Waals surface area contributed by atoms with E-state index in [9.17, 15) is 0 Å². The number of rotatable bonds is 3. The van der Waals surface area contributed by atoms with Crippen molar-refractivity contribution in [3.63, 3.8) is 0 Å². The molecule has 0 aromatic heterocycles. The minimum Gasteiger partial charge on any atom is -0.497 e. The molecule has 0 heterocycles. The molecule has 1 nitrogen and oxygen atoms in total. The van der Waals surface area contributed by atoms with E-state index in [0.717, 1.165) is 12.2 Å². The molecule has 0 spiro atoms. The molecule has 0 saturated carbocycles. The number of hydrogen-bond donors (Lipinski definition) is 0. The topological polar surface area (TPSA) is 9.23 Å². The van der Waals surface area contributed by atoms with Crippen molar-refractivity contribution >= 4 is 0 Å². The summed E-state index contributed by atoms with van der Waals surface area (Å²) in [4.78, 5) is 0. The summed E-state index contributed by atoms with van der Waals surface area (Å²) >= 11 is 0. The Balaban J connectivity index is 2.41. The van der Waals surface area contributed by atoms with Crippen molar-refractivity contribution in [3.05, 3.63) is 65.2 Å². The third-order valence-electron chi connectivity index (χ3n) is 3.36. The maximum Gasteiger partial charge on any atom is 0.119 e. The molecule has 19 heavy (non-hydrogen) atoms. The molecule has 0 saturated heterocycles.